The molecule has 248 valence electrons. The lowest BCUT2D eigenvalue weighted by atomic mass is 9.91. The summed E-state index contributed by atoms with van der Waals surface area (Å²) in [5, 5.41) is 41.7. The van der Waals surface area contributed by atoms with Gasteiger partial charge in [-0.1, -0.05) is 50.5 Å². The first-order valence-electron chi connectivity index (χ1n) is 15.0. The first kappa shape index (κ1) is 38.8. The van der Waals surface area contributed by atoms with Gasteiger partial charge in [-0.2, -0.15) is 11.8 Å². The average Bonchev–Trinajstić information content (AvgIpc) is 3.26. The molecule has 0 aromatic carbocycles. The van der Waals surface area contributed by atoms with E-state index in [1.165, 1.54) is 11.8 Å². The number of aliphatic hydroxyl groups is 1. The van der Waals surface area contributed by atoms with Crippen LogP contribution in [-0.4, -0.2) is 91.7 Å². The molecule has 1 saturated carbocycles. The van der Waals surface area contributed by atoms with Crippen molar-refractivity contribution in [1.29, 1.82) is 0 Å². The number of nitrogens with two attached hydrogens (primary N) is 1. The minimum absolute atomic E-state index is 0.00591. The molecule has 1 aliphatic carbocycles. The minimum Gasteiger partial charge on any atom is -0.481 e. The number of carboxylic acid groups (broad SMARTS) is 3. The predicted octanol–water partition coefficient (Wildman–Crippen LogP) is 1.87. The van der Waals surface area contributed by atoms with Crippen molar-refractivity contribution in [2.45, 2.75) is 101 Å². The zero-order valence-corrected chi connectivity index (χ0v) is 26.0. The summed E-state index contributed by atoms with van der Waals surface area (Å²) in [6.45, 7) is 1.40. The number of rotatable bonds is 23. The Bertz CT molecular complexity index is 1030. The SMILES string of the molecule is CCCCCC(O)/C=C/[C@@H]1C(SC[C@@H](NC(=O)CC[C@@H](N)C(=O)O)C(=O)NCC(=O)O)CC(=O)[C@@H]1C/C=C\CCCC(=O)O. The van der Waals surface area contributed by atoms with Crippen LogP contribution in [0.1, 0.15) is 77.6 Å². The van der Waals surface area contributed by atoms with Gasteiger partial charge in [-0.15, -0.1) is 0 Å². The molecule has 13 nitrogen and oxygen atoms in total. The van der Waals surface area contributed by atoms with Crippen LogP contribution in [0.2, 0.25) is 0 Å². The van der Waals surface area contributed by atoms with Gasteiger partial charge < -0.3 is 36.8 Å². The number of unbranched alkanes of at least 4 members (excludes halogenated alkanes) is 3. The van der Waals surface area contributed by atoms with Gasteiger partial charge in [0, 0.05) is 36.2 Å². The number of allylic oxidation sites excluding steroid dienone is 3. The normalized spacial score (nSPS) is 20.4. The molecule has 44 heavy (non-hydrogen) atoms. The standard InChI is InChI=1S/C30H47N3O10S/c1-2-3-6-9-19(34)12-13-21-20(10-7-4-5-8-11-27(37)38)24(35)16-25(21)44-18-23(29(41)32-17-28(39)40)33-26(36)15-14-22(31)30(42)43/h4,7,12-13,19-23,25,34H,2-3,5-6,8-11,14-18,31H2,1H3,(H,32,41)(H,33,36)(H,37,38)(H,39,40)(H,42,43)/b7-4-,13-12+/t19?,20-,21+,22-,23-,25?/m1/s1. The van der Waals surface area contributed by atoms with Gasteiger partial charge >= 0.3 is 17.9 Å². The fourth-order valence-electron chi connectivity index (χ4n) is 4.73. The lowest BCUT2D eigenvalue weighted by Crippen LogP contribution is -2.49. The Hall–Kier alpha value is -3.23. The number of amides is 2. The summed E-state index contributed by atoms with van der Waals surface area (Å²) in [4.78, 5) is 71.1. The van der Waals surface area contributed by atoms with Crippen LogP contribution in [0.5, 0.6) is 0 Å². The van der Waals surface area contributed by atoms with Crippen molar-refractivity contribution >= 4 is 47.3 Å². The summed E-state index contributed by atoms with van der Waals surface area (Å²) in [7, 11) is 0. The molecule has 14 heteroatoms. The van der Waals surface area contributed by atoms with E-state index in [-0.39, 0.29) is 48.4 Å². The molecule has 0 heterocycles. The van der Waals surface area contributed by atoms with Crippen LogP contribution in [-0.2, 0) is 28.8 Å². The van der Waals surface area contributed by atoms with Crippen LogP contribution in [0.15, 0.2) is 24.3 Å². The predicted molar refractivity (Wildman–Crippen MR) is 165 cm³/mol. The molecule has 1 rings (SSSR count). The summed E-state index contributed by atoms with van der Waals surface area (Å²) in [5.74, 6) is -5.44. The Morgan fingerprint density at radius 2 is 1.75 bits per heavy atom. The van der Waals surface area contributed by atoms with Gasteiger partial charge in [-0.3, -0.25) is 28.8 Å². The summed E-state index contributed by atoms with van der Waals surface area (Å²) in [6, 6.07) is -2.41. The van der Waals surface area contributed by atoms with Gasteiger partial charge in [0.2, 0.25) is 11.8 Å². The van der Waals surface area contributed by atoms with Crippen LogP contribution >= 0.6 is 11.8 Å². The van der Waals surface area contributed by atoms with Crippen molar-refractivity contribution in [3.05, 3.63) is 24.3 Å². The number of hydrogen-bond donors (Lipinski definition) is 7. The summed E-state index contributed by atoms with van der Waals surface area (Å²) < 4.78 is 0. The largest absolute Gasteiger partial charge is 0.481 e. The number of ketones is 1. The van der Waals surface area contributed by atoms with Gasteiger partial charge in [0.05, 0.1) is 6.10 Å². The van der Waals surface area contributed by atoms with Crippen molar-refractivity contribution in [1.82, 2.24) is 10.6 Å². The van der Waals surface area contributed by atoms with Crippen molar-refractivity contribution in [3.8, 4) is 0 Å². The molecule has 2 unspecified atom stereocenters. The molecule has 0 radical (unpaired) electrons. The zero-order valence-electron chi connectivity index (χ0n) is 25.2. The Morgan fingerprint density at radius 1 is 1.02 bits per heavy atom. The van der Waals surface area contributed by atoms with Crippen molar-refractivity contribution < 1.29 is 49.2 Å². The van der Waals surface area contributed by atoms with Gasteiger partial charge in [0.25, 0.3) is 0 Å². The zero-order chi connectivity index (χ0) is 33.1. The Kier molecular flexibility index (Phi) is 18.9. The van der Waals surface area contributed by atoms with E-state index in [1.807, 2.05) is 18.2 Å². The molecule has 0 aliphatic heterocycles. The number of carbonyl (C=O) groups excluding carboxylic acids is 3. The molecule has 0 bridgehead atoms. The van der Waals surface area contributed by atoms with E-state index in [1.54, 1.807) is 6.08 Å². The minimum atomic E-state index is -1.27. The van der Waals surface area contributed by atoms with Gasteiger partial charge in [0.1, 0.15) is 24.4 Å². The third-order valence-corrected chi connectivity index (χ3v) is 8.66. The third kappa shape index (κ3) is 16.0. The molecule has 6 atom stereocenters. The van der Waals surface area contributed by atoms with E-state index in [0.29, 0.717) is 25.7 Å². The highest BCUT2D eigenvalue weighted by Crippen LogP contribution is 2.40. The highest BCUT2D eigenvalue weighted by molar-refractivity contribution is 8.00. The second-order valence-corrected chi connectivity index (χ2v) is 12.2. The van der Waals surface area contributed by atoms with Crippen LogP contribution in [0, 0.1) is 11.8 Å². The van der Waals surface area contributed by atoms with E-state index >= 15 is 0 Å². The lowest BCUT2D eigenvalue weighted by molar-refractivity contribution is -0.139. The van der Waals surface area contributed by atoms with Crippen LogP contribution < -0.4 is 16.4 Å². The van der Waals surface area contributed by atoms with E-state index < -0.39 is 60.4 Å². The molecule has 1 fully saturated rings. The van der Waals surface area contributed by atoms with Crippen LogP contribution in [0.3, 0.4) is 0 Å². The maximum absolute atomic E-state index is 13.1. The number of hydrogen-bond acceptors (Lipinski definition) is 9. The smallest absolute Gasteiger partial charge is 0.322 e. The third-order valence-electron chi connectivity index (χ3n) is 7.23. The molecule has 1 aliphatic rings. The van der Waals surface area contributed by atoms with Crippen LogP contribution in [0.25, 0.3) is 0 Å². The van der Waals surface area contributed by atoms with Gasteiger partial charge in [-0.05, 0) is 38.0 Å². The maximum atomic E-state index is 13.1. The number of aliphatic carboxylic acids is 3. The fourth-order valence-corrected chi connectivity index (χ4v) is 6.19. The molecule has 0 aromatic rings. The molecule has 0 spiro atoms. The molecule has 2 amide bonds. The highest BCUT2D eigenvalue weighted by atomic mass is 32.2. The van der Waals surface area contributed by atoms with E-state index in [4.69, 9.17) is 21.1 Å². The Balaban J connectivity index is 3.03. The number of nitrogens with one attached hydrogen (secondary N) is 2. The van der Waals surface area contributed by atoms with E-state index in [0.717, 1.165) is 19.3 Å². The average molecular weight is 642 g/mol. The van der Waals surface area contributed by atoms with Crippen molar-refractivity contribution in [2.75, 3.05) is 12.3 Å². The summed E-state index contributed by atoms with van der Waals surface area (Å²) in [5.41, 5.74) is 5.46. The molecular formula is C30H47N3O10S. The number of aliphatic hydroxyl groups excluding tert-OH is 1. The van der Waals surface area contributed by atoms with Crippen molar-refractivity contribution in [2.24, 2.45) is 17.6 Å². The number of carbonyl (C=O) groups is 6. The molecule has 0 aromatic heterocycles. The van der Waals surface area contributed by atoms with Gasteiger partial charge in [0.15, 0.2) is 0 Å². The summed E-state index contributed by atoms with van der Waals surface area (Å²) >= 11 is 1.28. The number of Topliss-reactive ketones (excluding diaryl/α,β-unsaturated/α-hetero) is 1. The highest BCUT2D eigenvalue weighted by Gasteiger charge is 2.41. The maximum Gasteiger partial charge on any atom is 0.322 e. The second-order valence-electron chi connectivity index (χ2n) is 10.9. The Labute approximate surface area is 262 Å². The van der Waals surface area contributed by atoms with Crippen molar-refractivity contribution in [3.63, 3.8) is 0 Å². The monoisotopic (exact) mass is 641 g/mol. The molecule has 8 N–H and O–H groups in total. The number of thioether (sulfide) groups is 1. The van der Waals surface area contributed by atoms with E-state index in [9.17, 15) is 33.9 Å². The van der Waals surface area contributed by atoms with E-state index in [2.05, 4.69) is 17.6 Å². The first-order chi connectivity index (χ1) is 20.8. The lowest BCUT2D eigenvalue weighted by Gasteiger charge is -2.23. The van der Waals surface area contributed by atoms with Crippen LogP contribution in [0.4, 0.5) is 0 Å². The molecular weight excluding hydrogens is 594 g/mol. The summed E-state index contributed by atoms with van der Waals surface area (Å²) in [6.07, 6.45) is 11.3. The first-order valence-corrected chi connectivity index (χ1v) is 16.0. The van der Waals surface area contributed by atoms with Gasteiger partial charge in [-0.25, -0.2) is 0 Å². The second kappa shape index (κ2) is 21.5. The number of carboxylic acids is 3. The molecule has 0 saturated heterocycles. The quantitative estimate of drug-likeness (QED) is 0.0626. The topological polar surface area (TPSA) is 233 Å². The Morgan fingerprint density at radius 3 is 2.39 bits per heavy atom. The fraction of sp³-hybridized carbons (Fsp3) is 0.667.